The van der Waals surface area contributed by atoms with Crippen LogP contribution in [-0.2, 0) is 14.3 Å². The number of ether oxygens (including phenoxy) is 2. The Kier molecular flexibility index (Phi) is 7.09. The summed E-state index contributed by atoms with van der Waals surface area (Å²) in [5.41, 5.74) is 0. The maximum Gasteiger partial charge on any atom is 0.306 e. The van der Waals surface area contributed by atoms with Gasteiger partial charge in [-0.3, -0.25) is 4.79 Å². The standard InChI is InChI=1S/C9H18O3S/c1-7(5-9(10)12-4)13-8(2)6-11-3/h7-8H,5-6H2,1-4H3. The zero-order chi connectivity index (χ0) is 10.3. The van der Waals surface area contributed by atoms with Crippen molar-refractivity contribution >= 4 is 17.7 Å². The molecule has 4 heteroatoms. The molecule has 0 spiro atoms. The summed E-state index contributed by atoms with van der Waals surface area (Å²) < 4.78 is 9.58. The Morgan fingerprint density at radius 2 is 1.92 bits per heavy atom. The minimum Gasteiger partial charge on any atom is -0.469 e. The van der Waals surface area contributed by atoms with Crippen LogP contribution in [0.5, 0.6) is 0 Å². The minimum absolute atomic E-state index is 0.149. The lowest BCUT2D eigenvalue weighted by atomic mass is 10.3. The third kappa shape index (κ3) is 6.90. The van der Waals surface area contributed by atoms with Crippen LogP contribution in [0.1, 0.15) is 20.3 Å². The van der Waals surface area contributed by atoms with Crippen LogP contribution in [0.15, 0.2) is 0 Å². The average molecular weight is 206 g/mol. The fraction of sp³-hybridized carbons (Fsp3) is 0.889. The molecule has 0 aromatic carbocycles. The first-order valence-electron chi connectivity index (χ1n) is 4.31. The highest BCUT2D eigenvalue weighted by atomic mass is 32.2. The molecular formula is C9H18O3S. The number of esters is 1. The summed E-state index contributed by atoms with van der Waals surface area (Å²) in [7, 11) is 3.10. The molecule has 0 heterocycles. The number of hydrogen-bond acceptors (Lipinski definition) is 4. The van der Waals surface area contributed by atoms with Gasteiger partial charge in [0.2, 0.25) is 0 Å². The van der Waals surface area contributed by atoms with Gasteiger partial charge < -0.3 is 9.47 Å². The van der Waals surface area contributed by atoms with Crippen molar-refractivity contribution in [3.05, 3.63) is 0 Å². The van der Waals surface area contributed by atoms with Gasteiger partial charge in [-0.05, 0) is 0 Å². The SMILES string of the molecule is COCC(C)SC(C)CC(=O)OC. The number of methoxy groups -OCH3 is 2. The first-order valence-corrected chi connectivity index (χ1v) is 5.25. The van der Waals surface area contributed by atoms with Crippen LogP contribution in [0.3, 0.4) is 0 Å². The minimum atomic E-state index is -0.149. The van der Waals surface area contributed by atoms with Crippen molar-refractivity contribution in [2.24, 2.45) is 0 Å². The number of rotatable bonds is 6. The molecule has 2 atom stereocenters. The van der Waals surface area contributed by atoms with Crippen molar-refractivity contribution in [3.8, 4) is 0 Å². The summed E-state index contributed by atoms with van der Waals surface area (Å²) in [5.74, 6) is -0.149. The van der Waals surface area contributed by atoms with Gasteiger partial charge in [-0.1, -0.05) is 13.8 Å². The summed E-state index contributed by atoms with van der Waals surface area (Å²) in [6.07, 6.45) is 0.467. The molecule has 0 saturated heterocycles. The second kappa shape index (κ2) is 7.21. The number of carbonyl (C=O) groups is 1. The third-order valence-corrected chi connectivity index (χ3v) is 2.78. The van der Waals surface area contributed by atoms with E-state index >= 15 is 0 Å². The van der Waals surface area contributed by atoms with Crippen LogP contribution in [0.2, 0.25) is 0 Å². The molecule has 0 N–H and O–H groups in total. The summed E-state index contributed by atoms with van der Waals surface area (Å²) in [6, 6.07) is 0. The molecule has 2 unspecified atom stereocenters. The second-order valence-corrected chi connectivity index (χ2v) is 4.87. The van der Waals surface area contributed by atoms with Gasteiger partial charge in [0.25, 0.3) is 0 Å². The largest absolute Gasteiger partial charge is 0.469 e. The van der Waals surface area contributed by atoms with Crippen LogP contribution in [0.4, 0.5) is 0 Å². The molecule has 13 heavy (non-hydrogen) atoms. The van der Waals surface area contributed by atoms with E-state index in [1.54, 1.807) is 18.9 Å². The van der Waals surface area contributed by atoms with Crippen molar-refractivity contribution < 1.29 is 14.3 Å². The molecule has 0 bridgehead atoms. The summed E-state index contributed by atoms with van der Waals surface area (Å²) in [6.45, 7) is 4.83. The lowest BCUT2D eigenvalue weighted by Crippen LogP contribution is -2.14. The molecule has 0 radical (unpaired) electrons. The molecule has 0 aliphatic heterocycles. The van der Waals surface area contributed by atoms with Crippen LogP contribution in [-0.4, -0.2) is 37.3 Å². The number of thioether (sulfide) groups is 1. The molecule has 78 valence electrons. The molecular weight excluding hydrogens is 188 g/mol. The topological polar surface area (TPSA) is 35.5 Å². The van der Waals surface area contributed by atoms with Crippen molar-refractivity contribution in [3.63, 3.8) is 0 Å². The van der Waals surface area contributed by atoms with Crippen LogP contribution in [0, 0.1) is 0 Å². The van der Waals surface area contributed by atoms with Gasteiger partial charge >= 0.3 is 5.97 Å². The Balaban J connectivity index is 3.60. The fourth-order valence-corrected chi connectivity index (χ4v) is 2.28. The molecule has 0 aliphatic rings. The van der Waals surface area contributed by atoms with Crippen LogP contribution >= 0.6 is 11.8 Å². The molecule has 0 saturated carbocycles. The van der Waals surface area contributed by atoms with Gasteiger partial charge in [0, 0.05) is 17.6 Å². The Hall–Kier alpha value is -0.220. The van der Waals surface area contributed by atoms with E-state index < -0.39 is 0 Å². The smallest absolute Gasteiger partial charge is 0.306 e. The number of hydrogen-bond donors (Lipinski definition) is 0. The van der Waals surface area contributed by atoms with Gasteiger partial charge in [-0.25, -0.2) is 0 Å². The Morgan fingerprint density at radius 1 is 1.31 bits per heavy atom. The van der Waals surface area contributed by atoms with E-state index in [9.17, 15) is 4.79 Å². The molecule has 0 amide bonds. The quantitative estimate of drug-likeness (QED) is 0.620. The highest BCUT2D eigenvalue weighted by Gasteiger charge is 2.13. The Morgan fingerprint density at radius 3 is 2.38 bits per heavy atom. The summed E-state index contributed by atoms with van der Waals surface area (Å²) in [5, 5.41) is 0.710. The van der Waals surface area contributed by atoms with Crippen molar-refractivity contribution in [1.29, 1.82) is 0 Å². The maximum absolute atomic E-state index is 10.9. The van der Waals surface area contributed by atoms with E-state index in [1.807, 2.05) is 6.92 Å². The predicted molar refractivity (Wildman–Crippen MR) is 55.0 cm³/mol. The first-order chi connectivity index (χ1) is 6.10. The van der Waals surface area contributed by atoms with E-state index in [0.29, 0.717) is 11.7 Å². The maximum atomic E-state index is 10.9. The first kappa shape index (κ1) is 12.8. The molecule has 0 fully saturated rings. The molecule has 3 nitrogen and oxygen atoms in total. The van der Waals surface area contributed by atoms with Gasteiger partial charge in [0.1, 0.15) is 0 Å². The van der Waals surface area contributed by atoms with Gasteiger partial charge in [0.15, 0.2) is 0 Å². The van der Waals surface area contributed by atoms with Crippen LogP contribution in [0.25, 0.3) is 0 Å². The van der Waals surface area contributed by atoms with E-state index in [1.165, 1.54) is 7.11 Å². The third-order valence-electron chi connectivity index (χ3n) is 1.55. The van der Waals surface area contributed by atoms with Gasteiger partial charge in [-0.2, -0.15) is 11.8 Å². The van der Waals surface area contributed by atoms with Crippen molar-refractivity contribution in [2.45, 2.75) is 30.8 Å². The monoisotopic (exact) mass is 206 g/mol. The van der Waals surface area contributed by atoms with E-state index in [2.05, 4.69) is 11.7 Å². The van der Waals surface area contributed by atoms with E-state index in [-0.39, 0.29) is 11.2 Å². The Bertz CT molecular complexity index is 150. The van der Waals surface area contributed by atoms with E-state index in [0.717, 1.165) is 6.61 Å². The highest BCUT2D eigenvalue weighted by molar-refractivity contribution is 8.00. The normalized spacial score (nSPS) is 15.1. The zero-order valence-corrected chi connectivity index (χ0v) is 9.52. The highest BCUT2D eigenvalue weighted by Crippen LogP contribution is 2.20. The van der Waals surface area contributed by atoms with Gasteiger partial charge in [-0.15, -0.1) is 0 Å². The fourth-order valence-electron chi connectivity index (χ4n) is 1.04. The molecule has 0 aromatic rings. The molecule has 0 aliphatic carbocycles. The summed E-state index contributed by atoms with van der Waals surface area (Å²) in [4.78, 5) is 10.9. The zero-order valence-electron chi connectivity index (χ0n) is 8.70. The van der Waals surface area contributed by atoms with Crippen molar-refractivity contribution in [1.82, 2.24) is 0 Å². The average Bonchev–Trinajstić information content (AvgIpc) is 2.04. The second-order valence-electron chi connectivity index (χ2n) is 2.99. The Labute approximate surface area is 84.2 Å². The van der Waals surface area contributed by atoms with E-state index in [4.69, 9.17) is 4.74 Å². The lowest BCUT2D eigenvalue weighted by molar-refractivity contribution is -0.140. The number of carbonyl (C=O) groups excluding carboxylic acids is 1. The predicted octanol–water partition coefficient (Wildman–Crippen LogP) is 1.71. The summed E-state index contributed by atoms with van der Waals surface area (Å²) >= 11 is 1.74. The lowest BCUT2D eigenvalue weighted by Gasteiger charge is -2.15. The van der Waals surface area contributed by atoms with Crippen molar-refractivity contribution in [2.75, 3.05) is 20.8 Å². The van der Waals surface area contributed by atoms with Gasteiger partial charge in [0.05, 0.1) is 20.1 Å². The molecule has 0 aromatic heterocycles. The van der Waals surface area contributed by atoms with Crippen LogP contribution < -0.4 is 0 Å². The molecule has 0 rings (SSSR count).